The molecular formula is C24H24ClN3O5S. The van der Waals surface area contributed by atoms with Crippen LogP contribution in [-0.4, -0.2) is 26.8 Å². The molecule has 0 spiro atoms. The van der Waals surface area contributed by atoms with E-state index in [2.05, 4.69) is 15.4 Å². The molecule has 0 saturated carbocycles. The van der Waals surface area contributed by atoms with E-state index in [-0.39, 0.29) is 28.2 Å². The van der Waals surface area contributed by atoms with Crippen LogP contribution in [0.3, 0.4) is 0 Å². The Morgan fingerprint density at radius 2 is 1.62 bits per heavy atom. The summed E-state index contributed by atoms with van der Waals surface area (Å²) in [4.78, 5) is 23.4. The van der Waals surface area contributed by atoms with Gasteiger partial charge in [-0.3, -0.25) is 9.59 Å². The van der Waals surface area contributed by atoms with E-state index in [0.29, 0.717) is 11.4 Å². The number of carbonyl (C=O) groups is 2. The highest BCUT2D eigenvalue weighted by molar-refractivity contribution is 7.89. The van der Waals surface area contributed by atoms with Gasteiger partial charge < -0.3 is 15.4 Å². The van der Waals surface area contributed by atoms with Gasteiger partial charge in [-0.2, -0.15) is 0 Å². The van der Waals surface area contributed by atoms with E-state index < -0.39 is 22.0 Å². The molecule has 178 valence electrons. The summed E-state index contributed by atoms with van der Waals surface area (Å²) in [5.74, 6) is -0.512. The minimum Gasteiger partial charge on any atom is -0.482 e. The maximum Gasteiger partial charge on any atom is 0.262 e. The summed E-state index contributed by atoms with van der Waals surface area (Å²) in [5, 5.41) is 5.33. The average Bonchev–Trinajstić information content (AvgIpc) is 2.78. The molecule has 0 aliphatic carbocycles. The maximum atomic E-state index is 12.7. The number of hydrogen-bond donors (Lipinski definition) is 3. The highest BCUT2D eigenvalue weighted by Gasteiger charge is 2.20. The Kier molecular flexibility index (Phi) is 8.27. The number of ether oxygens (including phenoxy) is 1. The van der Waals surface area contributed by atoms with Gasteiger partial charge in [-0.25, -0.2) is 13.1 Å². The van der Waals surface area contributed by atoms with E-state index in [1.165, 1.54) is 25.1 Å². The van der Waals surface area contributed by atoms with Gasteiger partial charge in [-0.1, -0.05) is 48.0 Å². The second-order valence-corrected chi connectivity index (χ2v) is 9.57. The SMILES string of the molecule is CC(=O)Nc1cccc(NC(=O)COc2ccc(S(=O)(=O)N[C@H](C)c3ccccc3)cc2Cl)c1. The predicted octanol–water partition coefficient (Wildman–Crippen LogP) is 4.36. The van der Waals surface area contributed by atoms with Gasteiger partial charge in [0.05, 0.1) is 9.92 Å². The summed E-state index contributed by atoms with van der Waals surface area (Å²) < 4.78 is 33.6. The number of anilines is 2. The Labute approximate surface area is 203 Å². The van der Waals surface area contributed by atoms with Gasteiger partial charge in [-0.15, -0.1) is 0 Å². The Hall–Kier alpha value is -3.40. The standard InChI is InChI=1S/C24H24ClN3O5S/c1-16(18-7-4-3-5-8-18)28-34(31,32)21-11-12-23(22(25)14-21)33-15-24(30)27-20-10-6-9-19(13-20)26-17(2)29/h3-14,16,28H,15H2,1-2H3,(H,26,29)(H,27,30)/t16-/m1/s1. The lowest BCUT2D eigenvalue weighted by Gasteiger charge is -2.15. The maximum absolute atomic E-state index is 12.7. The molecule has 0 fully saturated rings. The third-order valence-electron chi connectivity index (χ3n) is 4.67. The highest BCUT2D eigenvalue weighted by Crippen LogP contribution is 2.28. The topological polar surface area (TPSA) is 114 Å². The van der Waals surface area contributed by atoms with Crippen LogP contribution >= 0.6 is 11.6 Å². The van der Waals surface area contributed by atoms with Gasteiger partial charge in [0.25, 0.3) is 5.91 Å². The molecule has 0 heterocycles. The number of benzene rings is 3. The molecule has 2 amide bonds. The van der Waals surface area contributed by atoms with Crippen molar-refractivity contribution in [2.75, 3.05) is 17.2 Å². The molecule has 10 heteroatoms. The Bertz CT molecular complexity index is 1280. The van der Waals surface area contributed by atoms with Crippen molar-refractivity contribution in [3.05, 3.63) is 83.4 Å². The number of halogens is 1. The van der Waals surface area contributed by atoms with Crippen LogP contribution in [0.2, 0.25) is 5.02 Å². The van der Waals surface area contributed by atoms with E-state index >= 15 is 0 Å². The monoisotopic (exact) mass is 501 g/mol. The molecule has 8 nitrogen and oxygen atoms in total. The largest absolute Gasteiger partial charge is 0.482 e. The summed E-state index contributed by atoms with van der Waals surface area (Å²) >= 11 is 6.21. The van der Waals surface area contributed by atoms with Crippen LogP contribution in [0, 0.1) is 0 Å². The first-order valence-corrected chi connectivity index (χ1v) is 12.2. The van der Waals surface area contributed by atoms with E-state index in [9.17, 15) is 18.0 Å². The number of hydrogen-bond acceptors (Lipinski definition) is 5. The summed E-state index contributed by atoms with van der Waals surface area (Å²) in [5.41, 5.74) is 1.85. The van der Waals surface area contributed by atoms with Gasteiger partial charge >= 0.3 is 0 Å². The predicted molar refractivity (Wildman–Crippen MR) is 132 cm³/mol. The van der Waals surface area contributed by atoms with E-state index in [1.807, 2.05) is 30.3 Å². The first kappa shape index (κ1) is 25.2. The molecule has 3 rings (SSSR count). The van der Waals surface area contributed by atoms with Crippen molar-refractivity contribution >= 4 is 44.8 Å². The smallest absolute Gasteiger partial charge is 0.262 e. The van der Waals surface area contributed by atoms with Gasteiger partial charge in [0, 0.05) is 24.3 Å². The molecule has 34 heavy (non-hydrogen) atoms. The lowest BCUT2D eigenvalue weighted by atomic mass is 10.1. The average molecular weight is 502 g/mol. The molecule has 0 unspecified atom stereocenters. The summed E-state index contributed by atoms with van der Waals surface area (Å²) in [6.07, 6.45) is 0. The van der Waals surface area contributed by atoms with Crippen LogP contribution in [0.1, 0.15) is 25.5 Å². The number of amides is 2. The Morgan fingerprint density at radius 1 is 0.941 bits per heavy atom. The first-order chi connectivity index (χ1) is 16.1. The van der Waals surface area contributed by atoms with E-state index in [1.54, 1.807) is 31.2 Å². The van der Waals surface area contributed by atoms with Crippen LogP contribution in [0.4, 0.5) is 11.4 Å². The molecule has 0 aromatic heterocycles. The minimum absolute atomic E-state index is 0.0214. The molecule has 1 atom stereocenters. The normalized spacial score (nSPS) is 12.0. The minimum atomic E-state index is -3.83. The number of rotatable bonds is 9. The third kappa shape index (κ3) is 7.05. The first-order valence-electron chi connectivity index (χ1n) is 10.3. The lowest BCUT2D eigenvalue weighted by Crippen LogP contribution is -2.27. The molecular weight excluding hydrogens is 478 g/mol. The molecule has 0 bridgehead atoms. The molecule has 3 aromatic rings. The molecule has 0 aliphatic heterocycles. The quantitative estimate of drug-likeness (QED) is 0.403. The van der Waals surface area contributed by atoms with E-state index in [4.69, 9.17) is 16.3 Å². The zero-order valence-electron chi connectivity index (χ0n) is 18.5. The van der Waals surface area contributed by atoms with Crippen molar-refractivity contribution in [3.63, 3.8) is 0 Å². The van der Waals surface area contributed by atoms with Crippen molar-refractivity contribution in [2.24, 2.45) is 0 Å². The Balaban J connectivity index is 1.60. The van der Waals surface area contributed by atoms with Gasteiger partial charge in [-0.05, 0) is 48.9 Å². The van der Waals surface area contributed by atoms with Crippen molar-refractivity contribution in [1.29, 1.82) is 0 Å². The number of nitrogens with one attached hydrogen (secondary N) is 3. The molecule has 0 saturated heterocycles. The fourth-order valence-electron chi connectivity index (χ4n) is 3.09. The number of carbonyl (C=O) groups excluding carboxylic acids is 2. The van der Waals surface area contributed by atoms with Crippen molar-refractivity contribution in [2.45, 2.75) is 24.8 Å². The summed E-state index contributed by atoms with van der Waals surface area (Å²) in [6, 6.07) is 19.4. The van der Waals surface area contributed by atoms with E-state index in [0.717, 1.165) is 5.56 Å². The summed E-state index contributed by atoms with van der Waals surface area (Å²) in [6.45, 7) is 2.79. The van der Waals surface area contributed by atoms with Crippen molar-refractivity contribution < 1.29 is 22.7 Å². The molecule has 0 radical (unpaired) electrons. The molecule has 3 N–H and O–H groups in total. The fourth-order valence-corrected chi connectivity index (χ4v) is 4.65. The highest BCUT2D eigenvalue weighted by atomic mass is 35.5. The van der Waals surface area contributed by atoms with Crippen LogP contribution in [0.15, 0.2) is 77.7 Å². The van der Waals surface area contributed by atoms with Crippen LogP contribution in [0.5, 0.6) is 5.75 Å². The zero-order valence-corrected chi connectivity index (χ0v) is 20.1. The second kappa shape index (κ2) is 11.1. The van der Waals surface area contributed by atoms with Crippen LogP contribution in [-0.2, 0) is 19.6 Å². The van der Waals surface area contributed by atoms with Crippen LogP contribution in [0.25, 0.3) is 0 Å². The summed E-state index contributed by atoms with van der Waals surface area (Å²) in [7, 11) is -3.83. The third-order valence-corrected chi connectivity index (χ3v) is 6.50. The van der Waals surface area contributed by atoms with Crippen LogP contribution < -0.4 is 20.1 Å². The second-order valence-electron chi connectivity index (χ2n) is 7.44. The van der Waals surface area contributed by atoms with Gasteiger partial charge in [0.2, 0.25) is 15.9 Å². The zero-order chi connectivity index (χ0) is 24.7. The van der Waals surface area contributed by atoms with Crippen molar-refractivity contribution in [3.8, 4) is 5.75 Å². The number of sulfonamides is 1. The van der Waals surface area contributed by atoms with Gasteiger partial charge in [0.1, 0.15) is 5.75 Å². The molecule has 3 aromatic carbocycles. The van der Waals surface area contributed by atoms with Gasteiger partial charge in [0.15, 0.2) is 6.61 Å². The lowest BCUT2D eigenvalue weighted by molar-refractivity contribution is -0.118. The fraction of sp³-hybridized carbons (Fsp3) is 0.167. The molecule has 0 aliphatic rings. The Morgan fingerprint density at radius 3 is 2.26 bits per heavy atom. The van der Waals surface area contributed by atoms with Crippen molar-refractivity contribution in [1.82, 2.24) is 4.72 Å².